The SMILES string of the molecule is CNC(C(=O)N[C@H](C(=O)N(C)[C@H](/C=C(\C)C(=O)O)C(C)C)C(C)(C)C)C(C)(C)c1cn(C)c2ccc(NC(=O)OCc3ccc(NC(=O)[C@H](CCCNC(N)=O)NC(=O)[C@@H](NC(=O)CCC(=O)N4Cc5ccccc5/C=C(/C)c5ccccc54)C(C)C)cc3)cc12. The van der Waals surface area contributed by atoms with Crippen LogP contribution in [0, 0.1) is 17.3 Å². The fourth-order valence-electron chi connectivity index (χ4n) is 11.3. The van der Waals surface area contributed by atoms with E-state index in [-0.39, 0.29) is 62.1 Å². The smallest absolute Gasteiger partial charge is 0.411 e. The summed E-state index contributed by atoms with van der Waals surface area (Å²) in [5.74, 6) is -4.41. The summed E-state index contributed by atoms with van der Waals surface area (Å²) in [4.78, 5) is 124. The van der Waals surface area contributed by atoms with Gasteiger partial charge < -0.3 is 61.8 Å². The molecule has 0 spiro atoms. The van der Waals surface area contributed by atoms with Gasteiger partial charge in [0.15, 0.2) is 0 Å². The average molecular weight is 1250 g/mol. The third kappa shape index (κ3) is 18.4. The molecule has 488 valence electrons. The third-order valence-corrected chi connectivity index (χ3v) is 16.5. The number of rotatable bonds is 26. The summed E-state index contributed by atoms with van der Waals surface area (Å²) < 4.78 is 7.55. The lowest BCUT2D eigenvalue weighted by molar-refractivity contribution is -0.141. The summed E-state index contributed by atoms with van der Waals surface area (Å²) in [5, 5.41) is 30.3. The van der Waals surface area contributed by atoms with Gasteiger partial charge in [-0.2, -0.15) is 0 Å². The molecule has 2 heterocycles. The summed E-state index contributed by atoms with van der Waals surface area (Å²) in [5.41, 5.74) is 11.3. The van der Waals surface area contributed by atoms with Crippen molar-refractivity contribution >= 4 is 93.2 Å². The number of ether oxygens (including phenoxy) is 1. The number of anilines is 3. The Bertz CT molecular complexity index is 3560. The molecule has 5 aromatic rings. The third-order valence-electron chi connectivity index (χ3n) is 16.5. The quantitative estimate of drug-likeness (QED) is 0.0185. The van der Waals surface area contributed by atoms with Crippen LogP contribution in [0.3, 0.4) is 0 Å². The highest BCUT2D eigenvalue weighted by molar-refractivity contribution is 6.02. The second-order valence-corrected chi connectivity index (χ2v) is 25.7. The first-order valence-electron chi connectivity index (χ1n) is 30.7. The topological polar surface area (TPSA) is 305 Å². The molecule has 1 unspecified atom stereocenters. The van der Waals surface area contributed by atoms with Crippen molar-refractivity contribution in [2.24, 2.45) is 30.0 Å². The number of carbonyl (C=O) groups is 9. The van der Waals surface area contributed by atoms with E-state index in [1.165, 1.54) is 11.8 Å². The minimum absolute atomic E-state index is 0.0861. The number of likely N-dealkylation sites (N-methyl/N-ethyl adjacent to an activating group) is 2. The molecule has 6 rings (SSSR count). The van der Waals surface area contributed by atoms with E-state index in [0.717, 1.165) is 44.4 Å². The van der Waals surface area contributed by atoms with Crippen LogP contribution in [0.5, 0.6) is 0 Å². The van der Waals surface area contributed by atoms with E-state index in [9.17, 15) is 48.3 Å². The Balaban J connectivity index is 1.07. The van der Waals surface area contributed by atoms with Gasteiger partial charge in [0.25, 0.3) is 0 Å². The number of carboxylic acid groups (broad SMARTS) is 1. The zero-order valence-electron chi connectivity index (χ0n) is 54.8. The number of primary amides is 1. The van der Waals surface area contributed by atoms with Crippen LogP contribution in [0.25, 0.3) is 22.6 Å². The van der Waals surface area contributed by atoms with Crippen molar-refractivity contribution in [3.63, 3.8) is 0 Å². The van der Waals surface area contributed by atoms with Gasteiger partial charge in [-0.1, -0.05) is 129 Å². The average Bonchev–Trinajstić information content (AvgIpc) is 1.67. The number of allylic oxidation sites excluding steroid dienone is 1. The number of nitrogens with zero attached hydrogens (tertiary/aromatic N) is 3. The highest BCUT2D eigenvalue weighted by Gasteiger charge is 2.43. The molecule has 91 heavy (non-hydrogen) atoms. The summed E-state index contributed by atoms with van der Waals surface area (Å²) in [6, 6.07) is 22.1. The molecule has 0 fully saturated rings. The van der Waals surface area contributed by atoms with Gasteiger partial charge in [-0.25, -0.2) is 14.4 Å². The molecule has 0 bridgehead atoms. The lowest BCUT2D eigenvalue weighted by Gasteiger charge is -2.39. The molecule has 9 amide bonds. The van der Waals surface area contributed by atoms with E-state index < -0.39 is 88.7 Å². The maximum absolute atomic E-state index is 14.5. The minimum atomic E-state index is -1.12. The van der Waals surface area contributed by atoms with Crippen LogP contribution in [0.1, 0.15) is 130 Å². The number of benzene rings is 4. The highest BCUT2D eigenvalue weighted by atomic mass is 16.5. The van der Waals surface area contributed by atoms with Crippen LogP contribution in [0.2, 0.25) is 0 Å². The predicted molar refractivity (Wildman–Crippen MR) is 354 cm³/mol. The number of amides is 9. The fourth-order valence-corrected chi connectivity index (χ4v) is 11.3. The van der Waals surface area contributed by atoms with Crippen molar-refractivity contribution < 1.29 is 53.0 Å². The van der Waals surface area contributed by atoms with Crippen molar-refractivity contribution in [1.82, 2.24) is 36.1 Å². The first kappa shape index (κ1) is 70.8. The van der Waals surface area contributed by atoms with Gasteiger partial charge in [-0.05, 0) is 115 Å². The van der Waals surface area contributed by atoms with Gasteiger partial charge in [0.05, 0.1) is 24.3 Å². The first-order valence-corrected chi connectivity index (χ1v) is 30.7. The number of aliphatic carboxylic acids is 1. The van der Waals surface area contributed by atoms with Gasteiger partial charge in [0, 0.05) is 78.5 Å². The standard InChI is InChI=1S/C69H91N11O11/c1-40(2)55(35-43(6)65(87)88)79(14)64(86)60(68(7,8)9)77-63(85)59(71-12)69(10,11)51-38-78(13)53-30-29-48(36-50(51)53)74-67(90)91-39-44-25-27-47(28-26-44)73-61(83)52(23-19-33-72-66(70)89)75-62(84)58(41(3)4)76-56(81)31-32-57(82)80-37-46-21-16-15-20-45(46)34-42(5)49-22-17-18-24-54(49)80/h15-18,20-22,24-30,34-36,38,40-41,52,55,58-60,71H,19,23,31-33,37,39H2,1-14H3,(H,73,83)(H,74,90)(H,75,84)(H,76,81)(H,77,85)(H,87,88)(H3,70,72,89)/b42-34-,43-35+/t52-,55+,58-,59?,60+/m0/s1. The number of hydrogen-bond donors (Lipinski definition) is 9. The normalized spacial score (nSPS) is 14.8. The number of hydrogen-bond acceptors (Lipinski definition) is 11. The number of aryl methyl sites for hydroxylation is 1. The minimum Gasteiger partial charge on any atom is -0.478 e. The molecule has 10 N–H and O–H groups in total. The Hall–Kier alpha value is -9.31. The monoisotopic (exact) mass is 1250 g/mol. The summed E-state index contributed by atoms with van der Waals surface area (Å²) in [7, 11) is 5.16. The van der Waals surface area contributed by atoms with Gasteiger partial charge >= 0.3 is 18.1 Å². The second-order valence-electron chi connectivity index (χ2n) is 25.7. The zero-order valence-corrected chi connectivity index (χ0v) is 54.8. The maximum Gasteiger partial charge on any atom is 0.411 e. The molecule has 5 atom stereocenters. The predicted octanol–water partition coefficient (Wildman–Crippen LogP) is 8.74. The molecule has 0 saturated carbocycles. The number of urea groups is 1. The Morgan fingerprint density at radius 1 is 0.780 bits per heavy atom. The van der Waals surface area contributed by atoms with Crippen molar-refractivity contribution in [2.75, 3.05) is 36.2 Å². The maximum atomic E-state index is 14.5. The van der Waals surface area contributed by atoms with E-state index in [1.807, 2.05) is 128 Å². The molecule has 1 aliphatic rings. The zero-order chi connectivity index (χ0) is 67.2. The lowest BCUT2D eigenvalue weighted by Crippen LogP contribution is -2.61. The van der Waals surface area contributed by atoms with Crippen LogP contribution in [-0.2, 0) is 63.9 Å². The van der Waals surface area contributed by atoms with Crippen molar-refractivity contribution in [3.8, 4) is 0 Å². The number of para-hydroxylation sites is 1. The Kier molecular flexibility index (Phi) is 24.1. The van der Waals surface area contributed by atoms with Crippen LogP contribution in [0.15, 0.2) is 109 Å². The molecule has 1 aliphatic heterocycles. The van der Waals surface area contributed by atoms with Crippen LogP contribution in [0.4, 0.5) is 26.7 Å². The largest absolute Gasteiger partial charge is 0.478 e. The van der Waals surface area contributed by atoms with Gasteiger partial charge in [-0.15, -0.1) is 0 Å². The van der Waals surface area contributed by atoms with E-state index in [4.69, 9.17) is 10.5 Å². The van der Waals surface area contributed by atoms with Crippen LogP contribution < -0.4 is 47.9 Å². The summed E-state index contributed by atoms with van der Waals surface area (Å²) >= 11 is 0. The van der Waals surface area contributed by atoms with Crippen LogP contribution in [-0.4, -0.2) is 119 Å². The molecule has 22 nitrogen and oxygen atoms in total. The number of fused-ring (bicyclic) bond motifs is 3. The van der Waals surface area contributed by atoms with Gasteiger partial charge in [0.2, 0.25) is 35.4 Å². The van der Waals surface area contributed by atoms with Crippen molar-refractivity contribution in [1.29, 1.82) is 0 Å². The molecule has 0 aliphatic carbocycles. The van der Waals surface area contributed by atoms with E-state index in [0.29, 0.717) is 23.5 Å². The van der Waals surface area contributed by atoms with Gasteiger partial charge in [-0.3, -0.25) is 34.1 Å². The van der Waals surface area contributed by atoms with Gasteiger partial charge in [0.1, 0.15) is 24.7 Å². The number of aromatic nitrogens is 1. The number of nitrogens with two attached hydrogens (primary N) is 1. The summed E-state index contributed by atoms with van der Waals surface area (Å²) in [6.45, 7) is 20.5. The molecule has 1 aromatic heterocycles. The molecule has 0 saturated heterocycles. The Morgan fingerprint density at radius 3 is 2.08 bits per heavy atom. The number of carboxylic acids is 1. The Labute approximate surface area is 533 Å². The van der Waals surface area contributed by atoms with Crippen molar-refractivity contribution in [2.45, 2.75) is 151 Å². The molecular weight excluding hydrogens is 1160 g/mol. The van der Waals surface area contributed by atoms with E-state index >= 15 is 0 Å². The lowest BCUT2D eigenvalue weighted by atomic mass is 9.76. The van der Waals surface area contributed by atoms with E-state index in [2.05, 4.69) is 43.3 Å². The molecule has 0 radical (unpaired) electrons. The van der Waals surface area contributed by atoms with Crippen molar-refractivity contribution in [3.05, 3.63) is 137 Å². The first-order chi connectivity index (χ1) is 42.8. The van der Waals surface area contributed by atoms with Crippen LogP contribution >= 0.6 is 0 Å². The fraction of sp³-hybridized carbons (Fsp3) is 0.435. The Morgan fingerprint density at radius 2 is 1.44 bits per heavy atom. The number of carbonyl (C=O) groups excluding carboxylic acids is 8. The number of nitrogens with one attached hydrogen (secondary N) is 7. The highest BCUT2D eigenvalue weighted by Crippen LogP contribution is 2.37. The second kappa shape index (κ2) is 30.9. The summed E-state index contributed by atoms with van der Waals surface area (Å²) in [6.07, 6.45) is 4.85. The molecule has 4 aromatic carbocycles. The van der Waals surface area contributed by atoms with E-state index in [1.54, 1.807) is 75.3 Å². The molecule has 22 heteroatoms. The molecular formula is C69H91N11O11.